The summed E-state index contributed by atoms with van der Waals surface area (Å²) in [5.74, 6) is 0.780. The second-order valence-electron chi connectivity index (χ2n) is 4.25. The van der Waals surface area contributed by atoms with Crippen LogP contribution >= 0.6 is 0 Å². The van der Waals surface area contributed by atoms with E-state index < -0.39 is 6.10 Å². The minimum atomic E-state index is -0.503. The summed E-state index contributed by atoms with van der Waals surface area (Å²) >= 11 is 0. The molecule has 3 nitrogen and oxygen atoms in total. The summed E-state index contributed by atoms with van der Waals surface area (Å²) < 4.78 is 5.52. The minimum Gasteiger partial charge on any atom is -0.493 e. The maximum Gasteiger partial charge on any atom is 0.125 e. The van der Waals surface area contributed by atoms with Gasteiger partial charge < -0.3 is 14.7 Å². The number of ether oxygens (including phenoxy) is 1. The molecule has 0 amide bonds. The van der Waals surface area contributed by atoms with Crippen LogP contribution in [0, 0.1) is 6.92 Å². The molecule has 1 aromatic rings. The predicted octanol–water partition coefficient (Wildman–Crippen LogP) is 1.99. The normalized spacial score (nSPS) is 12.9. The highest BCUT2D eigenvalue weighted by molar-refractivity contribution is 5.38. The van der Waals surface area contributed by atoms with Gasteiger partial charge in [-0.15, -0.1) is 0 Å². The van der Waals surface area contributed by atoms with E-state index in [2.05, 4.69) is 0 Å². The van der Waals surface area contributed by atoms with Crippen molar-refractivity contribution in [1.29, 1.82) is 0 Å². The Hall–Kier alpha value is -1.06. The molecule has 0 aromatic heterocycles. The molecular formula is C13H21NO2. The van der Waals surface area contributed by atoms with Gasteiger partial charge in [-0.3, -0.25) is 0 Å². The number of benzene rings is 1. The van der Waals surface area contributed by atoms with Crippen molar-refractivity contribution in [1.82, 2.24) is 4.90 Å². The van der Waals surface area contributed by atoms with E-state index in [1.165, 1.54) is 0 Å². The fraction of sp³-hybridized carbons (Fsp3) is 0.538. The second-order valence-corrected chi connectivity index (χ2v) is 4.25. The molecule has 16 heavy (non-hydrogen) atoms. The fourth-order valence-corrected chi connectivity index (χ4v) is 1.66. The van der Waals surface area contributed by atoms with Crippen molar-refractivity contribution in [3.63, 3.8) is 0 Å². The average Bonchev–Trinajstić information content (AvgIpc) is 2.20. The average molecular weight is 223 g/mol. The molecular weight excluding hydrogens is 202 g/mol. The summed E-state index contributed by atoms with van der Waals surface area (Å²) in [6, 6.07) is 5.91. The van der Waals surface area contributed by atoms with Gasteiger partial charge in [-0.25, -0.2) is 0 Å². The molecule has 0 heterocycles. The van der Waals surface area contributed by atoms with Gasteiger partial charge in [0.2, 0.25) is 0 Å². The fourth-order valence-electron chi connectivity index (χ4n) is 1.66. The van der Waals surface area contributed by atoms with E-state index in [0.717, 1.165) is 16.9 Å². The van der Waals surface area contributed by atoms with Crippen LogP contribution in [0.25, 0.3) is 0 Å². The third kappa shape index (κ3) is 3.51. The van der Waals surface area contributed by atoms with Crippen molar-refractivity contribution in [2.75, 3.05) is 27.2 Å². The molecule has 0 saturated heterocycles. The summed E-state index contributed by atoms with van der Waals surface area (Å²) in [6.45, 7) is 5.18. The Morgan fingerprint density at radius 2 is 2.06 bits per heavy atom. The lowest BCUT2D eigenvalue weighted by molar-refractivity contribution is 0.134. The van der Waals surface area contributed by atoms with Crippen molar-refractivity contribution < 1.29 is 9.84 Å². The Kier molecular flexibility index (Phi) is 4.77. The van der Waals surface area contributed by atoms with Gasteiger partial charge >= 0.3 is 0 Å². The summed E-state index contributed by atoms with van der Waals surface area (Å²) in [5.41, 5.74) is 2.01. The van der Waals surface area contributed by atoms with E-state index in [4.69, 9.17) is 4.74 Å². The number of likely N-dealkylation sites (N-methyl/N-ethyl adjacent to an activating group) is 1. The highest BCUT2D eigenvalue weighted by atomic mass is 16.5. The highest BCUT2D eigenvalue weighted by Crippen LogP contribution is 2.26. The lowest BCUT2D eigenvalue weighted by Gasteiger charge is -2.19. The number of hydrogen-bond acceptors (Lipinski definition) is 3. The van der Waals surface area contributed by atoms with E-state index in [0.29, 0.717) is 13.2 Å². The number of rotatable bonds is 5. The first-order valence-electron chi connectivity index (χ1n) is 5.60. The highest BCUT2D eigenvalue weighted by Gasteiger charge is 2.14. The van der Waals surface area contributed by atoms with Crippen LogP contribution in [-0.2, 0) is 0 Å². The van der Waals surface area contributed by atoms with E-state index in [-0.39, 0.29) is 0 Å². The molecule has 0 spiro atoms. The molecule has 1 rings (SSSR count). The van der Waals surface area contributed by atoms with Gasteiger partial charge in [-0.05, 0) is 40.1 Å². The molecule has 0 saturated carbocycles. The van der Waals surface area contributed by atoms with Crippen LogP contribution in [0.4, 0.5) is 0 Å². The zero-order chi connectivity index (χ0) is 12.1. The molecule has 0 bridgehead atoms. The Morgan fingerprint density at radius 1 is 1.38 bits per heavy atom. The van der Waals surface area contributed by atoms with Crippen LogP contribution in [0.15, 0.2) is 18.2 Å². The number of aliphatic hydroxyl groups excluding tert-OH is 1. The molecule has 1 aromatic carbocycles. The molecule has 3 heteroatoms. The lowest BCUT2D eigenvalue weighted by Crippen LogP contribution is -2.20. The Balaban J connectivity index is 2.94. The summed E-state index contributed by atoms with van der Waals surface area (Å²) in [4.78, 5) is 1.96. The van der Waals surface area contributed by atoms with Crippen LogP contribution in [0.1, 0.15) is 24.2 Å². The first-order chi connectivity index (χ1) is 7.54. The quantitative estimate of drug-likeness (QED) is 0.828. The summed E-state index contributed by atoms with van der Waals surface area (Å²) in [6.07, 6.45) is -0.503. The third-order valence-corrected chi connectivity index (χ3v) is 2.36. The molecule has 1 N–H and O–H groups in total. The third-order valence-electron chi connectivity index (χ3n) is 2.36. The van der Waals surface area contributed by atoms with Crippen LogP contribution in [-0.4, -0.2) is 37.3 Å². The van der Waals surface area contributed by atoms with E-state index in [9.17, 15) is 5.11 Å². The zero-order valence-electron chi connectivity index (χ0n) is 10.5. The van der Waals surface area contributed by atoms with E-state index >= 15 is 0 Å². The van der Waals surface area contributed by atoms with Gasteiger partial charge in [-0.2, -0.15) is 0 Å². The van der Waals surface area contributed by atoms with Gasteiger partial charge in [0.25, 0.3) is 0 Å². The summed E-state index contributed by atoms with van der Waals surface area (Å²) in [7, 11) is 3.89. The monoisotopic (exact) mass is 223 g/mol. The Bertz CT molecular complexity index is 337. The van der Waals surface area contributed by atoms with Crippen LogP contribution < -0.4 is 4.74 Å². The summed E-state index contributed by atoms with van der Waals surface area (Å²) in [5, 5.41) is 10.1. The lowest BCUT2D eigenvalue weighted by atomic mass is 10.0. The van der Waals surface area contributed by atoms with Gasteiger partial charge in [0.1, 0.15) is 5.75 Å². The van der Waals surface area contributed by atoms with E-state index in [1.54, 1.807) is 0 Å². The number of aliphatic hydroxyl groups is 1. The van der Waals surface area contributed by atoms with Crippen molar-refractivity contribution in [3.05, 3.63) is 29.3 Å². The molecule has 90 valence electrons. The van der Waals surface area contributed by atoms with Crippen molar-refractivity contribution in [3.8, 4) is 5.75 Å². The first kappa shape index (κ1) is 13.0. The van der Waals surface area contributed by atoms with Crippen molar-refractivity contribution >= 4 is 0 Å². The Morgan fingerprint density at radius 3 is 2.62 bits per heavy atom. The Labute approximate surface area is 97.7 Å². The number of hydrogen-bond donors (Lipinski definition) is 1. The topological polar surface area (TPSA) is 32.7 Å². The van der Waals surface area contributed by atoms with Gasteiger partial charge in [0, 0.05) is 12.1 Å². The van der Waals surface area contributed by atoms with Gasteiger partial charge in [-0.1, -0.05) is 11.6 Å². The maximum atomic E-state index is 10.1. The molecule has 1 unspecified atom stereocenters. The second kappa shape index (κ2) is 5.87. The first-order valence-corrected chi connectivity index (χ1v) is 5.60. The molecule has 0 aliphatic heterocycles. The smallest absolute Gasteiger partial charge is 0.125 e. The number of nitrogens with zero attached hydrogens (tertiary/aromatic N) is 1. The molecule has 1 atom stereocenters. The van der Waals surface area contributed by atoms with Crippen LogP contribution in [0.2, 0.25) is 0 Å². The molecule has 0 radical (unpaired) electrons. The molecule has 0 aliphatic rings. The molecule has 0 fully saturated rings. The van der Waals surface area contributed by atoms with E-state index in [1.807, 2.05) is 51.0 Å². The standard InChI is InChI=1S/C13H21NO2/c1-5-16-13-7-6-10(2)8-11(13)12(15)9-14(3)4/h6-8,12,15H,5,9H2,1-4H3. The van der Waals surface area contributed by atoms with Gasteiger partial charge in [0.15, 0.2) is 0 Å². The SMILES string of the molecule is CCOc1ccc(C)cc1C(O)CN(C)C. The van der Waals surface area contributed by atoms with Crippen molar-refractivity contribution in [2.45, 2.75) is 20.0 Å². The van der Waals surface area contributed by atoms with Gasteiger partial charge in [0.05, 0.1) is 12.7 Å². The predicted molar refractivity (Wildman–Crippen MR) is 65.9 cm³/mol. The minimum absolute atomic E-state index is 0.503. The number of aryl methyl sites for hydroxylation is 1. The van der Waals surface area contributed by atoms with Crippen LogP contribution in [0.5, 0.6) is 5.75 Å². The van der Waals surface area contributed by atoms with Crippen LogP contribution in [0.3, 0.4) is 0 Å². The molecule has 0 aliphatic carbocycles. The largest absolute Gasteiger partial charge is 0.493 e. The maximum absolute atomic E-state index is 10.1. The van der Waals surface area contributed by atoms with Crippen molar-refractivity contribution in [2.24, 2.45) is 0 Å². The zero-order valence-corrected chi connectivity index (χ0v) is 10.5.